The zero-order chi connectivity index (χ0) is 15.6. The molecule has 0 heterocycles. The fraction of sp³-hybridized carbons (Fsp3) is 0.400. The molecule has 0 aromatic heterocycles. The van der Waals surface area contributed by atoms with Crippen molar-refractivity contribution in [3.05, 3.63) is 65.3 Å². The molecular formula is C20H26N2. The molecule has 2 nitrogen and oxygen atoms in total. The summed E-state index contributed by atoms with van der Waals surface area (Å²) in [6, 6.07) is 9.08. The molecule has 0 saturated carbocycles. The maximum atomic E-state index is 5.83. The summed E-state index contributed by atoms with van der Waals surface area (Å²) in [5.41, 5.74) is 10.2. The first-order valence-electron chi connectivity index (χ1n) is 8.20. The van der Waals surface area contributed by atoms with Gasteiger partial charge in [0.05, 0.1) is 0 Å². The predicted octanol–water partition coefficient (Wildman–Crippen LogP) is 3.41. The van der Waals surface area contributed by atoms with Gasteiger partial charge < -0.3 is 11.1 Å². The van der Waals surface area contributed by atoms with Crippen molar-refractivity contribution in [1.82, 2.24) is 5.32 Å². The molecule has 0 spiro atoms. The first kappa shape index (κ1) is 15.3. The molecule has 0 bridgehead atoms. The lowest BCUT2D eigenvalue weighted by atomic mass is 9.64. The normalized spacial score (nSPS) is 28.1. The van der Waals surface area contributed by atoms with Crippen LogP contribution in [0.5, 0.6) is 0 Å². The summed E-state index contributed by atoms with van der Waals surface area (Å²) in [6.45, 7) is 3.04. The van der Waals surface area contributed by atoms with Crippen molar-refractivity contribution >= 4 is 6.08 Å². The Balaban J connectivity index is 1.85. The second-order valence-corrected chi connectivity index (χ2v) is 6.59. The summed E-state index contributed by atoms with van der Waals surface area (Å²) < 4.78 is 0. The number of hydrogen-bond donors (Lipinski definition) is 2. The molecule has 116 valence electrons. The summed E-state index contributed by atoms with van der Waals surface area (Å²) in [4.78, 5) is 0. The minimum atomic E-state index is 0.182. The smallest absolute Gasteiger partial charge is 0.0438 e. The molecule has 0 saturated heterocycles. The average molecular weight is 294 g/mol. The van der Waals surface area contributed by atoms with E-state index >= 15 is 0 Å². The quantitative estimate of drug-likeness (QED) is 0.893. The highest BCUT2D eigenvalue weighted by Gasteiger charge is 2.36. The topological polar surface area (TPSA) is 38.0 Å². The highest BCUT2D eigenvalue weighted by Crippen LogP contribution is 2.44. The Hall–Kier alpha value is -1.64. The molecule has 3 N–H and O–H groups in total. The number of rotatable bonds is 4. The molecule has 3 atom stereocenters. The van der Waals surface area contributed by atoms with E-state index in [9.17, 15) is 0 Å². The molecular weight excluding hydrogens is 268 g/mol. The van der Waals surface area contributed by atoms with Gasteiger partial charge in [0.25, 0.3) is 0 Å². The highest BCUT2D eigenvalue weighted by molar-refractivity contribution is 5.59. The number of nitrogens with one attached hydrogen (secondary N) is 1. The Kier molecular flexibility index (Phi) is 4.32. The zero-order valence-corrected chi connectivity index (χ0v) is 13.5. The second kappa shape index (κ2) is 6.23. The molecule has 0 amide bonds. The van der Waals surface area contributed by atoms with E-state index in [1.165, 1.54) is 16.7 Å². The number of hydrogen-bond acceptors (Lipinski definition) is 2. The molecule has 2 aliphatic rings. The van der Waals surface area contributed by atoms with Gasteiger partial charge >= 0.3 is 0 Å². The number of fused-ring (bicyclic) bond motifs is 1. The van der Waals surface area contributed by atoms with E-state index in [1.807, 2.05) is 7.05 Å². The van der Waals surface area contributed by atoms with Crippen LogP contribution in [0.4, 0.5) is 0 Å². The monoisotopic (exact) mass is 294 g/mol. The van der Waals surface area contributed by atoms with Gasteiger partial charge in [-0.25, -0.2) is 0 Å². The number of allylic oxidation sites excluding steroid dienone is 3. The Morgan fingerprint density at radius 2 is 2.14 bits per heavy atom. The minimum absolute atomic E-state index is 0.182. The van der Waals surface area contributed by atoms with Crippen LogP contribution in [0.2, 0.25) is 0 Å². The van der Waals surface area contributed by atoms with E-state index in [1.54, 1.807) is 0 Å². The molecule has 2 heteroatoms. The van der Waals surface area contributed by atoms with Crippen LogP contribution in [0.1, 0.15) is 30.9 Å². The molecule has 1 aromatic rings. The average Bonchev–Trinajstić information content (AvgIpc) is 2.57. The van der Waals surface area contributed by atoms with Gasteiger partial charge in [-0.2, -0.15) is 0 Å². The summed E-state index contributed by atoms with van der Waals surface area (Å²) in [5, 5.41) is 3.29. The van der Waals surface area contributed by atoms with Crippen molar-refractivity contribution < 1.29 is 0 Å². The van der Waals surface area contributed by atoms with E-state index in [0.717, 1.165) is 12.8 Å². The lowest BCUT2D eigenvalue weighted by Gasteiger charge is -2.40. The Morgan fingerprint density at radius 1 is 1.32 bits per heavy atom. The lowest BCUT2D eigenvalue weighted by Crippen LogP contribution is -2.37. The fourth-order valence-electron chi connectivity index (χ4n) is 3.84. The molecule has 0 radical (unpaired) electrons. The van der Waals surface area contributed by atoms with E-state index in [2.05, 4.69) is 66.9 Å². The second-order valence-electron chi connectivity index (χ2n) is 6.59. The van der Waals surface area contributed by atoms with Crippen LogP contribution in [0.15, 0.2) is 54.1 Å². The van der Waals surface area contributed by atoms with Gasteiger partial charge in [-0.1, -0.05) is 61.6 Å². The first-order chi connectivity index (χ1) is 10.7. The van der Waals surface area contributed by atoms with Crippen molar-refractivity contribution in [2.45, 2.75) is 31.2 Å². The van der Waals surface area contributed by atoms with Crippen molar-refractivity contribution in [3.63, 3.8) is 0 Å². The molecule has 3 rings (SSSR count). The van der Waals surface area contributed by atoms with Gasteiger partial charge in [-0.15, -0.1) is 0 Å². The third kappa shape index (κ3) is 2.57. The van der Waals surface area contributed by atoms with Crippen molar-refractivity contribution in [2.24, 2.45) is 11.7 Å². The minimum Gasteiger partial charge on any atom is -0.329 e. The summed E-state index contributed by atoms with van der Waals surface area (Å²) in [5.74, 6) is 0.539. The highest BCUT2D eigenvalue weighted by atomic mass is 14.9. The number of benzene rings is 1. The Labute approximate surface area is 133 Å². The molecule has 0 fully saturated rings. The number of nitrogens with two attached hydrogens (primary N) is 1. The van der Waals surface area contributed by atoms with E-state index < -0.39 is 0 Å². The van der Waals surface area contributed by atoms with E-state index in [0.29, 0.717) is 12.5 Å². The third-order valence-electron chi connectivity index (χ3n) is 5.35. The van der Waals surface area contributed by atoms with Crippen LogP contribution in [0.3, 0.4) is 0 Å². The van der Waals surface area contributed by atoms with E-state index in [-0.39, 0.29) is 11.5 Å². The van der Waals surface area contributed by atoms with Crippen LogP contribution in [0, 0.1) is 5.92 Å². The summed E-state index contributed by atoms with van der Waals surface area (Å²) in [7, 11) is 1.97. The SMILES string of the molecule is CNC(CN)C1=CCC(C2(C)CC=Cc3ccccc32)C=C1. The number of likely N-dealkylation sites (N-methyl/N-ethyl adjacent to an activating group) is 1. The maximum absolute atomic E-state index is 5.83. The maximum Gasteiger partial charge on any atom is 0.0438 e. The molecule has 22 heavy (non-hydrogen) atoms. The molecule has 3 unspecified atom stereocenters. The van der Waals surface area contributed by atoms with Crippen molar-refractivity contribution in [2.75, 3.05) is 13.6 Å². The fourth-order valence-corrected chi connectivity index (χ4v) is 3.84. The van der Waals surface area contributed by atoms with Gasteiger partial charge in [-0.3, -0.25) is 0 Å². The Bertz CT molecular complexity index is 622. The predicted molar refractivity (Wildman–Crippen MR) is 94.7 cm³/mol. The third-order valence-corrected chi connectivity index (χ3v) is 5.35. The summed E-state index contributed by atoms with van der Waals surface area (Å²) in [6.07, 6.45) is 13.8. The van der Waals surface area contributed by atoms with Crippen molar-refractivity contribution in [1.29, 1.82) is 0 Å². The lowest BCUT2D eigenvalue weighted by molar-refractivity contribution is 0.346. The van der Waals surface area contributed by atoms with Crippen molar-refractivity contribution in [3.8, 4) is 0 Å². The van der Waals surface area contributed by atoms with Gasteiger partial charge in [0.2, 0.25) is 0 Å². The van der Waals surface area contributed by atoms with Gasteiger partial charge in [-0.05, 0) is 42.5 Å². The van der Waals surface area contributed by atoms with Crippen LogP contribution in [-0.4, -0.2) is 19.6 Å². The largest absolute Gasteiger partial charge is 0.329 e. The van der Waals surface area contributed by atoms with Gasteiger partial charge in [0.15, 0.2) is 0 Å². The van der Waals surface area contributed by atoms with E-state index in [4.69, 9.17) is 5.73 Å². The molecule has 0 aliphatic heterocycles. The zero-order valence-electron chi connectivity index (χ0n) is 13.5. The van der Waals surface area contributed by atoms with Crippen LogP contribution in [-0.2, 0) is 5.41 Å². The van der Waals surface area contributed by atoms with Crippen LogP contribution < -0.4 is 11.1 Å². The Morgan fingerprint density at radius 3 is 2.82 bits per heavy atom. The molecule has 2 aliphatic carbocycles. The van der Waals surface area contributed by atoms with Crippen LogP contribution >= 0.6 is 0 Å². The van der Waals surface area contributed by atoms with Gasteiger partial charge in [0, 0.05) is 18.0 Å². The standard InChI is InChI=1S/C20H26N2/c1-20(13-5-7-15-6-3-4-8-18(15)20)17-11-9-16(10-12-17)19(14-21)22-2/h3-11,17,19,22H,12-14,21H2,1-2H3. The summed E-state index contributed by atoms with van der Waals surface area (Å²) >= 11 is 0. The molecule has 1 aromatic carbocycles. The van der Waals surface area contributed by atoms with Crippen LogP contribution in [0.25, 0.3) is 6.08 Å². The first-order valence-corrected chi connectivity index (χ1v) is 8.20. The van der Waals surface area contributed by atoms with Gasteiger partial charge in [0.1, 0.15) is 0 Å².